The summed E-state index contributed by atoms with van der Waals surface area (Å²) in [4.78, 5) is 15.7. The van der Waals surface area contributed by atoms with E-state index < -0.39 is 5.97 Å². The van der Waals surface area contributed by atoms with Crippen LogP contribution in [0.5, 0.6) is 0 Å². The third kappa shape index (κ3) is 2.11. The molecule has 0 aliphatic carbocycles. The highest BCUT2D eigenvalue weighted by Gasteiger charge is 2.11. The van der Waals surface area contributed by atoms with E-state index in [2.05, 4.69) is 4.98 Å². The van der Waals surface area contributed by atoms with E-state index in [0.29, 0.717) is 5.56 Å². The van der Waals surface area contributed by atoms with Crippen molar-refractivity contribution >= 4 is 27.5 Å². The van der Waals surface area contributed by atoms with E-state index >= 15 is 0 Å². The van der Waals surface area contributed by atoms with Crippen LogP contribution in [0.1, 0.15) is 15.4 Å². The summed E-state index contributed by atoms with van der Waals surface area (Å²) >= 11 is 1.64. The highest BCUT2D eigenvalue weighted by atomic mass is 32.1. The lowest BCUT2D eigenvalue weighted by Gasteiger charge is -2.05. The molecular weight excluding hydrogens is 258 g/mol. The Hall–Kier alpha value is -2.20. The lowest BCUT2D eigenvalue weighted by Crippen LogP contribution is -1.98. The van der Waals surface area contributed by atoms with Gasteiger partial charge in [-0.15, -0.1) is 11.3 Å². The first kappa shape index (κ1) is 11.9. The van der Waals surface area contributed by atoms with Crippen LogP contribution in [0.15, 0.2) is 42.5 Å². The minimum Gasteiger partial charge on any atom is -0.478 e. The molecule has 0 aliphatic rings. The molecule has 0 fully saturated rings. The fraction of sp³-hybridized carbons (Fsp3) is 0.0667. The largest absolute Gasteiger partial charge is 0.478 e. The van der Waals surface area contributed by atoms with E-state index in [1.165, 1.54) is 0 Å². The van der Waals surface area contributed by atoms with Gasteiger partial charge in [0.2, 0.25) is 0 Å². The average Bonchev–Trinajstić information content (AvgIpc) is 2.77. The first-order valence-electron chi connectivity index (χ1n) is 5.85. The molecule has 0 spiro atoms. The van der Waals surface area contributed by atoms with Crippen molar-refractivity contribution in [1.29, 1.82) is 0 Å². The number of thiazole rings is 1. The van der Waals surface area contributed by atoms with Crippen LogP contribution in [-0.4, -0.2) is 16.1 Å². The van der Waals surface area contributed by atoms with Crippen LogP contribution in [0.2, 0.25) is 0 Å². The number of fused-ring (bicyclic) bond motifs is 1. The number of aromatic nitrogens is 1. The van der Waals surface area contributed by atoms with Gasteiger partial charge in [0.25, 0.3) is 0 Å². The maximum absolute atomic E-state index is 11.2. The van der Waals surface area contributed by atoms with Gasteiger partial charge in [0.15, 0.2) is 0 Å². The van der Waals surface area contributed by atoms with E-state index in [9.17, 15) is 9.90 Å². The van der Waals surface area contributed by atoms with E-state index in [1.807, 2.05) is 37.3 Å². The van der Waals surface area contributed by atoms with Crippen molar-refractivity contribution in [3.63, 3.8) is 0 Å². The third-order valence-electron chi connectivity index (χ3n) is 2.96. The fourth-order valence-electron chi connectivity index (χ4n) is 2.13. The Balaban J connectivity index is 2.21. The molecule has 0 aliphatic heterocycles. The number of nitrogens with zero attached hydrogens (tertiary/aromatic N) is 1. The first-order valence-corrected chi connectivity index (χ1v) is 6.67. The van der Waals surface area contributed by atoms with Gasteiger partial charge in [-0.2, -0.15) is 0 Å². The Morgan fingerprint density at radius 3 is 2.79 bits per heavy atom. The summed E-state index contributed by atoms with van der Waals surface area (Å²) in [6.07, 6.45) is 0. The predicted octanol–water partition coefficient (Wildman–Crippen LogP) is 3.97. The molecule has 0 saturated carbocycles. The van der Waals surface area contributed by atoms with E-state index in [4.69, 9.17) is 0 Å². The Kier molecular flexibility index (Phi) is 2.80. The number of aromatic carboxylic acids is 1. The summed E-state index contributed by atoms with van der Waals surface area (Å²) in [6.45, 7) is 1.97. The van der Waals surface area contributed by atoms with Gasteiger partial charge in [0.1, 0.15) is 0 Å². The van der Waals surface area contributed by atoms with Gasteiger partial charge in [-0.3, -0.25) is 0 Å². The zero-order valence-corrected chi connectivity index (χ0v) is 11.1. The standard InChI is InChI=1S/C15H11NO2S/c1-9-16-13-8-10(6-7-14(13)19-9)11-4-2-3-5-12(11)15(17)18/h2-8H,1H3,(H,17,18). The Labute approximate surface area is 114 Å². The van der Waals surface area contributed by atoms with E-state index in [0.717, 1.165) is 26.4 Å². The normalized spacial score (nSPS) is 10.8. The molecule has 0 saturated heterocycles. The summed E-state index contributed by atoms with van der Waals surface area (Å²) in [5.41, 5.74) is 2.84. The Bertz CT molecular complexity index is 777. The van der Waals surface area contributed by atoms with Crippen LogP contribution < -0.4 is 0 Å². The highest BCUT2D eigenvalue weighted by Crippen LogP contribution is 2.29. The SMILES string of the molecule is Cc1nc2cc(-c3ccccc3C(=O)O)ccc2s1. The maximum atomic E-state index is 11.2. The molecule has 0 radical (unpaired) electrons. The van der Waals surface area contributed by atoms with Crippen molar-refractivity contribution in [3.8, 4) is 11.1 Å². The van der Waals surface area contributed by atoms with Crippen molar-refractivity contribution < 1.29 is 9.90 Å². The molecule has 2 aromatic carbocycles. The van der Waals surface area contributed by atoms with Gasteiger partial charge in [0, 0.05) is 0 Å². The van der Waals surface area contributed by atoms with Gasteiger partial charge in [-0.25, -0.2) is 9.78 Å². The van der Waals surface area contributed by atoms with Gasteiger partial charge in [-0.05, 0) is 36.2 Å². The van der Waals surface area contributed by atoms with Gasteiger partial charge < -0.3 is 5.11 Å². The number of carboxylic acids is 1. The van der Waals surface area contributed by atoms with Crippen LogP contribution in [0, 0.1) is 6.92 Å². The summed E-state index contributed by atoms with van der Waals surface area (Å²) in [5, 5.41) is 10.2. The van der Waals surface area contributed by atoms with Crippen molar-refractivity contribution in [3.05, 3.63) is 53.0 Å². The average molecular weight is 269 g/mol. The van der Waals surface area contributed by atoms with Crippen LogP contribution >= 0.6 is 11.3 Å². The molecule has 3 rings (SSSR count). The monoisotopic (exact) mass is 269 g/mol. The summed E-state index contributed by atoms with van der Waals surface area (Å²) in [7, 11) is 0. The van der Waals surface area contributed by atoms with Crippen molar-refractivity contribution in [2.24, 2.45) is 0 Å². The lowest BCUT2D eigenvalue weighted by molar-refractivity contribution is 0.0697. The van der Waals surface area contributed by atoms with E-state index in [-0.39, 0.29) is 0 Å². The van der Waals surface area contributed by atoms with Gasteiger partial charge in [0.05, 0.1) is 20.8 Å². The number of carbonyl (C=O) groups is 1. The van der Waals surface area contributed by atoms with Gasteiger partial charge >= 0.3 is 5.97 Å². The number of rotatable bonds is 2. The van der Waals surface area contributed by atoms with Crippen molar-refractivity contribution in [2.45, 2.75) is 6.92 Å². The van der Waals surface area contributed by atoms with Gasteiger partial charge in [-0.1, -0.05) is 24.3 Å². The predicted molar refractivity (Wildman–Crippen MR) is 76.8 cm³/mol. The maximum Gasteiger partial charge on any atom is 0.336 e. The zero-order valence-electron chi connectivity index (χ0n) is 10.3. The molecule has 0 atom stereocenters. The Morgan fingerprint density at radius 2 is 2.00 bits per heavy atom. The molecule has 19 heavy (non-hydrogen) atoms. The summed E-state index contributed by atoms with van der Waals surface area (Å²) in [5.74, 6) is -0.912. The molecule has 0 unspecified atom stereocenters. The number of carboxylic acid groups (broad SMARTS) is 1. The van der Waals surface area contributed by atoms with Crippen LogP contribution in [0.3, 0.4) is 0 Å². The second kappa shape index (κ2) is 4.48. The quantitative estimate of drug-likeness (QED) is 0.765. The Morgan fingerprint density at radius 1 is 1.21 bits per heavy atom. The van der Waals surface area contributed by atoms with Crippen LogP contribution in [-0.2, 0) is 0 Å². The molecule has 1 heterocycles. The molecule has 94 valence electrons. The van der Waals surface area contributed by atoms with Crippen molar-refractivity contribution in [2.75, 3.05) is 0 Å². The molecule has 1 N–H and O–H groups in total. The second-order valence-electron chi connectivity index (χ2n) is 4.27. The fourth-order valence-corrected chi connectivity index (χ4v) is 2.94. The topological polar surface area (TPSA) is 50.2 Å². The van der Waals surface area contributed by atoms with Crippen molar-refractivity contribution in [1.82, 2.24) is 4.98 Å². The van der Waals surface area contributed by atoms with Crippen LogP contribution in [0.25, 0.3) is 21.3 Å². The van der Waals surface area contributed by atoms with Crippen LogP contribution in [0.4, 0.5) is 0 Å². The number of aryl methyl sites for hydroxylation is 1. The zero-order chi connectivity index (χ0) is 13.4. The summed E-state index contributed by atoms with van der Waals surface area (Å²) < 4.78 is 1.12. The second-order valence-corrected chi connectivity index (χ2v) is 5.50. The summed E-state index contributed by atoms with van der Waals surface area (Å²) in [6, 6.07) is 12.9. The molecular formula is C15H11NO2S. The smallest absolute Gasteiger partial charge is 0.336 e. The molecule has 4 heteroatoms. The number of hydrogen-bond donors (Lipinski definition) is 1. The minimum atomic E-state index is -0.912. The molecule has 1 aromatic heterocycles. The molecule has 0 amide bonds. The first-order chi connectivity index (χ1) is 9.15. The molecule has 3 nitrogen and oxygen atoms in total. The molecule has 3 aromatic rings. The third-order valence-corrected chi connectivity index (χ3v) is 3.91. The number of benzene rings is 2. The minimum absolute atomic E-state index is 0.314. The number of hydrogen-bond acceptors (Lipinski definition) is 3. The highest BCUT2D eigenvalue weighted by molar-refractivity contribution is 7.18. The lowest BCUT2D eigenvalue weighted by atomic mass is 9.99. The van der Waals surface area contributed by atoms with E-state index in [1.54, 1.807) is 23.5 Å². The molecule has 0 bridgehead atoms.